The summed E-state index contributed by atoms with van der Waals surface area (Å²) in [6, 6.07) is 11.1. The molecule has 3 rings (SSSR count). The molecule has 0 spiro atoms. The molecule has 30 heavy (non-hydrogen) atoms. The van der Waals surface area contributed by atoms with Gasteiger partial charge in [-0.2, -0.15) is 0 Å². The molecule has 1 aromatic carbocycles. The SMILES string of the molecule is C=CCn1c(SC(C)C(=O)c2ccc(CCNC(C)=O)cc2)nnc1-c1ccco1. The van der Waals surface area contributed by atoms with Crippen LogP contribution in [-0.4, -0.2) is 38.2 Å². The van der Waals surface area contributed by atoms with Gasteiger partial charge in [-0.15, -0.1) is 16.8 Å². The summed E-state index contributed by atoms with van der Waals surface area (Å²) in [4.78, 5) is 23.8. The number of benzene rings is 1. The number of nitrogens with one attached hydrogen (secondary N) is 1. The molecule has 8 heteroatoms. The van der Waals surface area contributed by atoms with E-state index < -0.39 is 0 Å². The average Bonchev–Trinajstić information content (AvgIpc) is 3.38. The third kappa shape index (κ3) is 5.27. The minimum absolute atomic E-state index is 0.0149. The van der Waals surface area contributed by atoms with Crippen LogP contribution in [0.3, 0.4) is 0 Å². The maximum Gasteiger partial charge on any atom is 0.216 e. The lowest BCUT2D eigenvalue weighted by Crippen LogP contribution is -2.22. The number of allylic oxidation sites excluding steroid dienone is 1. The molecule has 156 valence electrons. The van der Waals surface area contributed by atoms with Crippen LogP contribution in [0.15, 0.2) is 64.9 Å². The molecule has 1 unspecified atom stereocenters. The van der Waals surface area contributed by atoms with Crippen molar-refractivity contribution in [2.24, 2.45) is 0 Å². The number of thioether (sulfide) groups is 1. The Kier molecular flexibility index (Phi) is 7.24. The minimum Gasteiger partial charge on any atom is -0.461 e. The number of hydrogen-bond donors (Lipinski definition) is 1. The summed E-state index contributed by atoms with van der Waals surface area (Å²) in [5, 5.41) is 11.5. The molecule has 0 bridgehead atoms. The number of furan rings is 1. The van der Waals surface area contributed by atoms with E-state index >= 15 is 0 Å². The number of carbonyl (C=O) groups is 2. The molecule has 0 saturated carbocycles. The number of nitrogens with zero attached hydrogens (tertiary/aromatic N) is 3. The van der Waals surface area contributed by atoms with Crippen molar-refractivity contribution in [1.82, 2.24) is 20.1 Å². The fourth-order valence-electron chi connectivity index (χ4n) is 2.92. The highest BCUT2D eigenvalue weighted by molar-refractivity contribution is 8.00. The number of ketones is 1. The molecular weight excluding hydrogens is 400 g/mol. The predicted molar refractivity (Wildman–Crippen MR) is 116 cm³/mol. The van der Waals surface area contributed by atoms with Gasteiger partial charge in [-0.25, -0.2) is 0 Å². The summed E-state index contributed by atoms with van der Waals surface area (Å²) < 4.78 is 7.32. The van der Waals surface area contributed by atoms with E-state index in [1.54, 1.807) is 18.4 Å². The molecule has 1 amide bonds. The van der Waals surface area contributed by atoms with Crippen LogP contribution in [0, 0.1) is 0 Å². The second-order valence-electron chi connectivity index (χ2n) is 6.74. The molecule has 0 radical (unpaired) electrons. The Bertz CT molecular complexity index is 1010. The highest BCUT2D eigenvalue weighted by Crippen LogP contribution is 2.28. The quantitative estimate of drug-likeness (QED) is 0.303. The third-order valence-corrected chi connectivity index (χ3v) is 5.53. The molecule has 0 fully saturated rings. The van der Waals surface area contributed by atoms with Crippen LogP contribution in [0.2, 0.25) is 0 Å². The molecule has 3 aromatic rings. The van der Waals surface area contributed by atoms with E-state index in [2.05, 4.69) is 22.1 Å². The van der Waals surface area contributed by atoms with Gasteiger partial charge in [0.2, 0.25) is 11.7 Å². The first kappa shape index (κ1) is 21.6. The summed E-state index contributed by atoms with van der Waals surface area (Å²) >= 11 is 1.36. The van der Waals surface area contributed by atoms with Crippen LogP contribution < -0.4 is 5.32 Å². The first-order valence-corrected chi connectivity index (χ1v) is 10.5. The van der Waals surface area contributed by atoms with Gasteiger partial charge in [0.1, 0.15) is 0 Å². The molecule has 0 aliphatic heterocycles. The van der Waals surface area contributed by atoms with Crippen LogP contribution in [0.4, 0.5) is 0 Å². The largest absolute Gasteiger partial charge is 0.461 e. The number of Topliss-reactive ketones (excluding diaryl/α,β-unsaturated/α-hetero) is 1. The van der Waals surface area contributed by atoms with Crippen molar-refractivity contribution in [3.63, 3.8) is 0 Å². The first-order valence-electron chi connectivity index (χ1n) is 9.61. The van der Waals surface area contributed by atoms with Crippen molar-refractivity contribution in [3.05, 3.63) is 66.4 Å². The van der Waals surface area contributed by atoms with Crippen molar-refractivity contribution in [2.75, 3.05) is 6.54 Å². The van der Waals surface area contributed by atoms with Gasteiger partial charge in [0.15, 0.2) is 16.7 Å². The molecule has 1 atom stereocenters. The van der Waals surface area contributed by atoms with Crippen LogP contribution in [0.25, 0.3) is 11.6 Å². The van der Waals surface area contributed by atoms with Gasteiger partial charge < -0.3 is 9.73 Å². The zero-order chi connectivity index (χ0) is 21.5. The lowest BCUT2D eigenvalue weighted by atomic mass is 10.0. The van der Waals surface area contributed by atoms with Crippen molar-refractivity contribution in [2.45, 2.75) is 37.2 Å². The van der Waals surface area contributed by atoms with Gasteiger partial charge in [0.25, 0.3) is 0 Å². The van der Waals surface area contributed by atoms with Crippen LogP contribution in [0.1, 0.15) is 29.8 Å². The van der Waals surface area contributed by atoms with E-state index in [9.17, 15) is 9.59 Å². The Balaban J connectivity index is 1.68. The first-order chi connectivity index (χ1) is 14.5. The van der Waals surface area contributed by atoms with E-state index in [1.165, 1.54) is 18.7 Å². The second kappa shape index (κ2) is 10.1. The molecule has 7 nitrogen and oxygen atoms in total. The van der Waals surface area contributed by atoms with Crippen molar-refractivity contribution < 1.29 is 14.0 Å². The van der Waals surface area contributed by atoms with Gasteiger partial charge >= 0.3 is 0 Å². The standard InChI is InChI=1S/C22H24N4O3S/c1-4-13-26-21(19-6-5-14-29-19)24-25-22(26)30-15(2)20(28)18-9-7-17(8-10-18)11-12-23-16(3)27/h4-10,14-15H,1,11-13H2,2-3H3,(H,23,27). The van der Waals surface area contributed by atoms with Gasteiger partial charge in [-0.05, 0) is 31.0 Å². The number of carbonyl (C=O) groups excluding carboxylic acids is 2. The van der Waals surface area contributed by atoms with Crippen LogP contribution in [-0.2, 0) is 17.8 Å². The van der Waals surface area contributed by atoms with Gasteiger partial charge in [-0.1, -0.05) is 42.1 Å². The zero-order valence-corrected chi connectivity index (χ0v) is 17.8. The number of amides is 1. The Labute approximate surface area is 179 Å². The Hall–Kier alpha value is -3.13. The fourth-order valence-corrected chi connectivity index (χ4v) is 3.86. The molecule has 2 heterocycles. The van der Waals surface area contributed by atoms with Gasteiger partial charge in [0.05, 0.1) is 11.5 Å². The predicted octanol–water partition coefficient (Wildman–Crippen LogP) is 3.77. The molecular formula is C22H24N4O3S. The lowest BCUT2D eigenvalue weighted by Gasteiger charge is -2.12. The fraction of sp³-hybridized carbons (Fsp3) is 0.273. The third-order valence-electron chi connectivity index (χ3n) is 4.45. The van der Waals surface area contributed by atoms with E-state index in [-0.39, 0.29) is 16.9 Å². The molecule has 2 aromatic heterocycles. The van der Waals surface area contributed by atoms with E-state index in [1.807, 2.05) is 41.8 Å². The summed E-state index contributed by atoms with van der Waals surface area (Å²) in [6.45, 7) is 8.23. The maximum atomic E-state index is 12.9. The van der Waals surface area contributed by atoms with Gasteiger partial charge in [0, 0.05) is 25.6 Å². The van der Waals surface area contributed by atoms with Crippen LogP contribution >= 0.6 is 11.8 Å². The smallest absolute Gasteiger partial charge is 0.216 e. The maximum absolute atomic E-state index is 12.9. The normalized spacial score (nSPS) is 11.8. The highest BCUT2D eigenvalue weighted by Gasteiger charge is 2.22. The molecule has 0 aliphatic rings. The monoisotopic (exact) mass is 424 g/mol. The summed E-state index contributed by atoms with van der Waals surface area (Å²) in [5.74, 6) is 1.18. The van der Waals surface area contributed by atoms with Crippen molar-refractivity contribution in [3.8, 4) is 11.6 Å². The topological polar surface area (TPSA) is 90.0 Å². The number of rotatable bonds is 10. The van der Waals surface area contributed by atoms with Crippen molar-refractivity contribution in [1.29, 1.82) is 0 Å². The summed E-state index contributed by atoms with van der Waals surface area (Å²) in [5.41, 5.74) is 1.70. The lowest BCUT2D eigenvalue weighted by molar-refractivity contribution is -0.118. The van der Waals surface area contributed by atoms with E-state index in [4.69, 9.17) is 4.42 Å². The van der Waals surface area contributed by atoms with Crippen molar-refractivity contribution >= 4 is 23.5 Å². The summed E-state index contributed by atoms with van der Waals surface area (Å²) in [7, 11) is 0. The molecule has 1 N–H and O–H groups in total. The second-order valence-corrected chi connectivity index (χ2v) is 8.04. The van der Waals surface area contributed by atoms with E-state index in [0.717, 1.165) is 12.0 Å². The van der Waals surface area contributed by atoms with Crippen LogP contribution in [0.5, 0.6) is 0 Å². The molecule has 0 aliphatic carbocycles. The molecule has 0 saturated heterocycles. The van der Waals surface area contributed by atoms with Gasteiger partial charge in [-0.3, -0.25) is 14.2 Å². The Morgan fingerprint density at radius 3 is 2.67 bits per heavy atom. The summed E-state index contributed by atoms with van der Waals surface area (Å²) in [6.07, 6.45) is 4.06. The Morgan fingerprint density at radius 1 is 1.27 bits per heavy atom. The Morgan fingerprint density at radius 2 is 2.03 bits per heavy atom. The zero-order valence-electron chi connectivity index (χ0n) is 17.0. The minimum atomic E-state index is -0.340. The number of aromatic nitrogens is 3. The number of hydrogen-bond acceptors (Lipinski definition) is 6. The highest BCUT2D eigenvalue weighted by atomic mass is 32.2. The van der Waals surface area contributed by atoms with E-state index in [0.29, 0.717) is 35.4 Å². The average molecular weight is 425 g/mol.